The van der Waals surface area contributed by atoms with Crippen molar-refractivity contribution in [1.29, 1.82) is 0 Å². The number of allylic oxidation sites excluding steroid dienone is 2. The van der Waals surface area contributed by atoms with Crippen LogP contribution >= 0.6 is 0 Å². The Morgan fingerprint density at radius 1 is 1.38 bits per heavy atom. The summed E-state index contributed by atoms with van der Waals surface area (Å²) in [6.07, 6.45) is 5.60. The van der Waals surface area contributed by atoms with Crippen LogP contribution in [0.4, 0.5) is 0 Å². The van der Waals surface area contributed by atoms with E-state index in [4.69, 9.17) is 9.47 Å². The molecule has 0 N–H and O–H groups in total. The second-order valence-corrected chi connectivity index (χ2v) is 4.74. The van der Waals surface area contributed by atoms with Crippen molar-refractivity contribution in [1.82, 2.24) is 0 Å². The van der Waals surface area contributed by atoms with Crippen molar-refractivity contribution in [2.75, 3.05) is 6.61 Å². The maximum atomic E-state index is 11.8. The Balaban J connectivity index is 1.61. The summed E-state index contributed by atoms with van der Waals surface area (Å²) in [6.45, 7) is 0.368. The number of hydrogen-bond donors (Lipinski definition) is 0. The molecular weight excluding hydrogens is 208 g/mol. The van der Waals surface area contributed by atoms with E-state index in [0.29, 0.717) is 24.9 Å². The molecule has 86 valence electrons. The Morgan fingerprint density at radius 3 is 2.81 bits per heavy atom. The molecule has 4 atom stereocenters. The first-order valence-electron chi connectivity index (χ1n) is 5.77. The highest BCUT2D eigenvalue weighted by Crippen LogP contribution is 2.44. The number of carbonyl (C=O) groups is 2. The van der Waals surface area contributed by atoms with Crippen molar-refractivity contribution >= 4 is 11.8 Å². The SMILES string of the molecule is O=C1CCOC1OC(=O)C1CC2C=CC1C2. The number of rotatable bonds is 2. The van der Waals surface area contributed by atoms with Crippen LogP contribution in [0.2, 0.25) is 0 Å². The van der Waals surface area contributed by atoms with Gasteiger partial charge in [0.15, 0.2) is 0 Å². The fraction of sp³-hybridized carbons (Fsp3) is 0.667. The Hall–Kier alpha value is -1.16. The maximum Gasteiger partial charge on any atom is 0.312 e. The van der Waals surface area contributed by atoms with E-state index in [0.717, 1.165) is 12.8 Å². The molecule has 0 radical (unpaired) electrons. The average molecular weight is 222 g/mol. The van der Waals surface area contributed by atoms with Crippen molar-refractivity contribution in [3.05, 3.63) is 12.2 Å². The molecule has 0 aromatic rings. The normalized spacial score (nSPS) is 40.6. The lowest BCUT2D eigenvalue weighted by Crippen LogP contribution is -2.29. The fourth-order valence-electron chi connectivity index (χ4n) is 2.82. The van der Waals surface area contributed by atoms with Crippen molar-refractivity contribution in [2.24, 2.45) is 17.8 Å². The van der Waals surface area contributed by atoms with Crippen LogP contribution in [0, 0.1) is 17.8 Å². The number of ether oxygens (including phenoxy) is 2. The van der Waals surface area contributed by atoms with Crippen molar-refractivity contribution < 1.29 is 19.1 Å². The lowest BCUT2D eigenvalue weighted by atomic mass is 9.94. The number of fused-ring (bicyclic) bond motifs is 2. The highest BCUT2D eigenvalue weighted by atomic mass is 16.7. The standard InChI is InChI=1S/C12H14O4/c13-10-3-4-15-12(10)16-11(14)9-6-7-1-2-8(9)5-7/h1-2,7-9,12H,3-6H2. The predicted octanol–water partition coefficient (Wildman–Crippen LogP) is 1.06. The lowest BCUT2D eigenvalue weighted by Gasteiger charge is -2.18. The van der Waals surface area contributed by atoms with Gasteiger partial charge in [0, 0.05) is 6.42 Å². The quantitative estimate of drug-likeness (QED) is 0.518. The number of carbonyl (C=O) groups excluding carboxylic acids is 2. The van der Waals surface area contributed by atoms with Crippen LogP contribution in [0.5, 0.6) is 0 Å². The Labute approximate surface area is 93.6 Å². The molecule has 1 saturated heterocycles. The van der Waals surface area contributed by atoms with Crippen molar-refractivity contribution in [3.8, 4) is 0 Å². The third-order valence-electron chi connectivity index (χ3n) is 3.69. The van der Waals surface area contributed by atoms with Gasteiger partial charge in [0.1, 0.15) is 0 Å². The first-order valence-corrected chi connectivity index (χ1v) is 5.77. The molecule has 4 nitrogen and oxygen atoms in total. The van der Waals surface area contributed by atoms with E-state index in [1.165, 1.54) is 0 Å². The van der Waals surface area contributed by atoms with Gasteiger partial charge in [0.05, 0.1) is 12.5 Å². The maximum absolute atomic E-state index is 11.8. The Bertz CT molecular complexity index is 360. The molecule has 0 aromatic carbocycles. The molecule has 0 aromatic heterocycles. The largest absolute Gasteiger partial charge is 0.428 e. The van der Waals surface area contributed by atoms with Gasteiger partial charge >= 0.3 is 5.97 Å². The highest BCUT2D eigenvalue weighted by molar-refractivity contribution is 5.86. The number of ketones is 1. The van der Waals surface area contributed by atoms with E-state index in [-0.39, 0.29) is 17.7 Å². The molecule has 4 heteroatoms. The van der Waals surface area contributed by atoms with Crippen LogP contribution in [-0.2, 0) is 19.1 Å². The van der Waals surface area contributed by atoms with Crippen molar-refractivity contribution in [2.45, 2.75) is 25.6 Å². The summed E-state index contributed by atoms with van der Waals surface area (Å²) in [4.78, 5) is 23.1. The Kier molecular flexibility index (Phi) is 2.32. The van der Waals surface area contributed by atoms with E-state index in [1.54, 1.807) is 0 Å². The summed E-state index contributed by atoms with van der Waals surface area (Å²) in [5, 5.41) is 0. The summed E-state index contributed by atoms with van der Waals surface area (Å²) in [7, 11) is 0. The van der Waals surface area contributed by atoms with Crippen LogP contribution in [0.1, 0.15) is 19.3 Å². The van der Waals surface area contributed by atoms with Gasteiger partial charge in [-0.15, -0.1) is 0 Å². The first kappa shape index (κ1) is 10.0. The van der Waals surface area contributed by atoms with Crippen LogP contribution < -0.4 is 0 Å². The van der Waals surface area contributed by atoms with Gasteiger partial charge in [-0.3, -0.25) is 9.59 Å². The molecule has 4 unspecified atom stereocenters. The molecule has 0 spiro atoms. The van der Waals surface area contributed by atoms with Gasteiger partial charge in [0.2, 0.25) is 5.78 Å². The van der Waals surface area contributed by atoms with Crippen molar-refractivity contribution in [3.63, 3.8) is 0 Å². The molecule has 16 heavy (non-hydrogen) atoms. The monoisotopic (exact) mass is 222 g/mol. The van der Waals surface area contributed by atoms with Crippen LogP contribution in [-0.4, -0.2) is 24.6 Å². The summed E-state index contributed by atoms with van der Waals surface area (Å²) < 4.78 is 10.2. The van der Waals surface area contributed by atoms with E-state index >= 15 is 0 Å². The molecule has 1 saturated carbocycles. The minimum Gasteiger partial charge on any atom is -0.428 e. The van der Waals surface area contributed by atoms with Gasteiger partial charge in [0.25, 0.3) is 6.29 Å². The van der Waals surface area contributed by atoms with Crippen LogP contribution in [0.25, 0.3) is 0 Å². The molecule has 2 fully saturated rings. The van der Waals surface area contributed by atoms with Gasteiger partial charge in [-0.05, 0) is 24.7 Å². The summed E-state index contributed by atoms with van der Waals surface area (Å²) >= 11 is 0. The van der Waals surface area contributed by atoms with Gasteiger partial charge in [-0.1, -0.05) is 12.2 Å². The highest BCUT2D eigenvalue weighted by Gasteiger charge is 2.42. The zero-order valence-corrected chi connectivity index (χ0v) is 8.93. The van der Waals surface area contributed by atoms with Crippen LogP contribution in [0.15, 0.2) is 12.2 Å². The van der Waals surface area contributed by atoms with Crippen LogP contribution in [0.3, 0.4) is 0 Å². The number of hydrogen-bond acceptors (Lipinski definition) is 4. The lowest BCUT2D eigenvalue weighted by molar-refractivity contribution is -0.179. The third-order valence-corrected chi connectivity index (χ3v) is 3.69. The van der Waals surface area contributed by atoms with Gasteiger partial charge in [-0.25, -0.2) is 0 Å². The Morgan fingerprint density at radius 2 is 2.25 bits per heavy atom. The number of Topliss-reactive ketones (excluding diaryl/α,β-unsaturated/α-hetero) is 1. The molecule has 3 aliphatic rings. The third kappa shape index (κ3) is 1.57. The zero-order chi connectivity index (χ0) is 11.1. The summed E-state index contributed by atoms with van der Waals surface area (Å²) in [5.74, 6) is 0.396. The molecule has 0 amide bonds. The molecule has 3 rings (SSSR count). The smallest absolute Gasteiger partial charge is 0.312 e. The second-order valence-electron chi connectivity index (χ2n) is 4.74. The van der Waals surface area contributed by atoms with Gasteiger partial charge in [-0.2, -0.15) is 0 Å². The minimum absolute atomic E-state index is 0.0630. The number of esters is 1. The van der Waals surface area contributed by atoms with E-state index < -0.39 is 6.29 Å². The molecular formula is C12H14O4. The van der Waals surface area contributed by atoms with E-state index in [9.17, 15) is 9.59 Å². The fourth-order valence-corrected chi connectivity index (χ4v) is 2.82. The van der Waals surface area contributed by atoms with E-state index in [2.05, 4.69) is 12.2 Å². The molecule has 2 bridgehead atoms. The molecule has 2 aliphatic carbocycles. The molecule has 1 heterocycles. The molecule has 1 aliphatic heterocycles. The second kappa shape index (κ2) is 3.70. The topological polar surface area (TPSA) is 52.6 Å². The minimum atomic E-state index is -0.935. The first-order chi connectivity index (χ1) is 7.74. The zero-order valence-electron chi connectivity index (χ0n) is 8.93. The average Bonchev–Trinajstić information content (AvgIpc) is 2.95. The summed E-state index contributed by atoms with van der Waals surface area (Å²) in [6, 6.07) is 0. The summed E-state index contributed by atoms with van der Waals surface area (Å²) in [5.41, 5.74) is 0. The van der Waals surface area contributed by atoms with E-state index in [1.807, 2.05) is 0 Å². The predicted molar refractivity (Wildman–Crippen MR) is 54.3 cm³/mol. The van der Waals surface area contributed by atoms with Gasteiger partial charge < -0.3 is 9.47 Å².